The fraction of sp³-hybridized carbons (Fsp3) is 0.222. The molecule has 19 heavy (non-hydrogen) atoms. The summed E-state index contributed by atoms with van der Waals surface area (Å²) in [5.41, 5.74) is 5.41. The predicted octanol–water partition coefficient (Wildman–Crippen LogP) is 0.221. The largest absolute Gasteiger partial charge is 0.382 e. The lowest BCUT2D eigenvalue weighted by Crippen LogP contribution is -2.26. The summed E-state index contributed by atoms with van der Waals surface area (Å²) in [7, 11) is -3.70. The summed E-state index contributed by atoms with van der Waals surface area (Å²) >= 11 is 5.72. The van der Waals surface area contributed by atoms with Crippen molar-refractivity contribution in [3.8, 4) is 0 Å². The maximum atomic E-state index is 11.9. The molecule has 0 amide bonds. The van der Waals surface area contributed by atoms with Crippen LogP contribution in [0.4, 0.5) is 5.82 Å². The average molecular weight is 304 g/mol. The molecule has 0 saturated heterocycles. The van der Waals surface area contributed by atoms with E-state index in [2.05, 4.69) is 19.8 Å². The Labute approximate surface area is 114 Å². The maximum Gasteiger partial charge on any atom is 0.242 e. The number of nitrogens with one attached hydrogen (secondary N) is 1. The third kappa shape index (κ3) is 3.40. The summed E-state index contributed by atoms with van der Waals surface area (Å²) in [5, 5.41) is 3.50. The molecule has 10 heteroatoms. The first-order chi connectivity index (χ1) is 8.99. The third-order valence-corrected chi connectivity index (χ3v) is 3.92. The molecule has 102 valence electrons. The van der Waals surface area contributed by atoms with Gasteiger partial charge in [-0.05, 0) is 6.07 Å². The maximum absolute atomic E-state index is 11.9. The first-order valence-corrected chi connectivity index (χ1v) is 7.01. The summed E-state index contributed by atoms with van der Waals surface area (Å²) in [6, 6.07) is 1.24. The highest BCUT2D eigenvalue weighted by Gasteiger charge is 2.16. The molecule has 0 fully saturated rings. The molecule has 0 aromatic carbocycles. The number of pyridine rings is 1. The summed E-state index contributed by atoms with van der Waals surface area (Å²) in [6.45, 7) is 0.118. The number of nitrogens with zero attached hydrogens (tertiary/aromatic N) is 3. The molecule has 3 N–H and O–H groups in total. The van der Waals surface area contributed by atoms with Crippen LogP contribution in [0.3, 0.4) is 0 Å². The van der Waals surface area contributed by atoms with Crippen LogP contribution in [-0.2, 0) is 16.4 Å². The lowest BCUT2D eigenvalue weighted by molar-refractivity contribution is 0.377. The molecule has 8 nitrogen and oxygen atoms in total. The van der Waals surface area contributed by atoms with Crippen LogP contribution in [0.25, 0.3) is 0 Å². The van der Waals surface area contributed by atoms with Crippen molar-refractivity contribution in [2.24, 2.45) is 0 Å². The highest BCUT2D eigenvalue weighted by Crippen LogP contribution is 2.19. The minimum absolute atomic E-state index is 0.0581. The molecular weight excluding hydrogens is 294 g/mol. The van der Waals surface area contributed by atoms with E-state index in [0.29, 0.717) is 5.89 Å². The molecule has 0 radical (unpaired) electrons. The van der Waals surface area contributed by atoms with Crippen molar-refractivity contribution in [2.45, 2.75) is 11.3 Å². The summed E-state index contributed by atoms with van der Waals surface area (Å²) in [5.74, 6) is 0.419. The van der Waals surface area contributed by atoms with E-state index in [1.165, 1.54) is 12.4 Å². The van der Waals surface area contributed by atoms with Crippen LogP contribution in [0.2, 0.25) is 5.02 Å². The Morgan fingerprint density at radius 1 is 1.42 bits per heavy atom. The van der Waals surface area contributed by atoms with E-state index in [0.717, 1.165) is 6.20 Å². The highest BCUT2D eigenvalue weighted by atomic mass is 35.5. The zero-order valence-electron chi connectivity index (χ0n) is 9.58. The smallest absolute Gasteiger partial charge is 0.242 e. The molecule has 2 rings (SSSR count). The Morgan fingerprint density at radius 3 is 2.84 bits per heavy atom. The van der Waals surface area contributed by atoms with Gasteiger partial charge in [-0.3, -0.25) is 0 Å². The van der Waals surface area contributed by atoms with Crippen LogP contribution in [0.15, 0.2) is 28.0 Å². The minimum Gasteiger partial charge on any atom is -0.382 e. The van der Waals surface area contributed by atoms with Crippen LogP contribution < -0.4 is 10.5 Å². The van der Waals surface area contributed by atoms with E-state index in [9.17, 15) is 8.42 Å². The van der Waals surface area contributed by atoms with Crippen molar-refractivity contribution >= 4 is 27.4 Å². The molecule has 0 aliphatic carbocycles. The quantitative estimate of drug-likeness (QED) is 0.809. The van der Waals surface area contributed by atoms with Gasteiger partial charge in [-0.15, -0.1) is 0 Å². The van der Waals surface area contributed by atoms with Crippen molar-refractivity contribution < 1.29 is 12.9 Å². The topological polar surface area (TPSA) is 124 Å². The summed E-state index contributed by atoms with van der Waals surface area (Å²) in [6.07, 6.45) is 2.67. The number of rotatable bonds is 5. The van der Waals surface area contributed by atoms with E-state index in [-0.39, 0.29) is 28.7 Å². The van der Waals surface area contributed by atoms with Crippen LogP contribution in [0.1, 0.15) is 5.89 Å². The molecule has 0 atom stereocenters. The number of halogens is 1. The van der Waals surface area contributed by atoms with E-state index in [1.807, 2.05) is 0 Å². The Bertz CT molecular complexity index is 658. The molecule has 2 heterocycles. The molecular formula is C9H10ClN5O3S. The Kier molecular flexibility index (Phi) is 3.98. The first-order valence-electron chi connectivity index (χ1n) is 5.15. The lowest BCUT2D eigenvalue weighted by Gasteiger charge is -2.06. The number of anilines is 1. The molecule has 0 aliphatic rings. The monoisotopic (exact) mass is 303 g/mol. The Balaban J connectivity index is 2.03. The van der Waals surface area contributed by atoms with Crippen molar-refractivity contribution in [1.29, 1.82) is 0 Å². The molecule has 0 bridgehead atoms. The van der Waals surface area contributed by atoms with Gasteiger partial charge in [-0.25, -0.2) is 18.1 Å². The van der Waals surface area contributed by atoms with E-state index < -0.39 is 10.0 Å². The van der Waals surface area contributed by atoms with Crippen molar-refractivity contribution in [1.82, 2.24) is 19.8 Å². The van der Waals surface area contributed by atoms with Gasteiger partial charge in [-0.1, -0.05) is 16.8 Å². The molecule has 0 spiro atoms. The molecule has 2 aromatic rings. The zero-order chi connectivity index (χ0) is 13.9. The van der Waals surface area contributed by atoms with Gasteiger partial charge in [0.15, 0.2) is 6.33 Å². The van der Waals surface area contributed by atoms with E-state index in [4.69, 9.17) is 21.9 Å². The molecule has 2 aromatic heterocycles. The number of hydrogen-bond donors (Lipinski definition) is 2. The van der Waals surface area contributed by atoms with E-state index >= 15 is 0 Å². The number of hydrogen-bond acceptors (Lipinski definition) is 7. The fourth-order valence-corrected chi connectivity index (χ4v) is 2.49. The second-order valence-electron chi connectivity index (χ2n) is 3.52. The van der Waals surface area contributed by atoms with Gasteiger partial charge < -0.3 is 10.3 Å². The fourth-order valence-electron chi connectivity index (χ4n) is 1.26. The first kappa shape index (κ1) is 13.7. The van der Waals surface area contributed by atoms with Gasteiger partial charge in [0.2, 0.25) is 15.9 Å². The zero-order valence-corrected chi connectivity index (χ0v) is 11.1. The summed E-state index contributed by atoms with van der Waals surface area (Å²) in [4.78, 5) is 7.40. The normalized spacial score (nSPS) is 11.6. The van der Waals surface area contributed by atoms with Gasteiger partial charge in [-0.2, -0.15) is 4.98 Å². The average Bonchev–Trinajstić information content (AvgIpc) is 2.85. The van der Waals surface area contributed by atoms with Gasteiger partial charge >= 0.3 is 0 Å². The second-order valence-corrected chi connectivity index (χ2v) is 5.70. The van der Waals surface area contributed by atoms with Crippen molar-refractivity contribution in [3.63, 3.8) is 0 Å². The minimum atomic E-state index is -3.70. The van der Waals surface area contributed by atoms with Gasteiger partial charge in [0.1, 0.15) is 10.7 Å². The highest BCUT2D eigenvalue weighted by molar-refractivity contribution is 7.89. The van der Waals surface area contributed by atoms with Gasteiger partial charge in [0.05, 0.1) is 5.02 Å². The number of aromatic nitrogens is 3. The van der Waals surface area contributed by atoms with Crippen LogP contribution in [0.5, 0.6) is 0 Å². The predicted molar refractivity (Wildman–Crippen MR) is 66.8 cm³/mol. The SMILES string of the molecule is Nc1ncc(S(=O)(=O)NCCc2ncno2)cc1Cl. The molecule has 0 saturated carbocycles. The van der Waals surface area contributed by atoms with Gasteiger partial charge in [0.25, 0.3) is 0 Å². The van der Waals surface area contributed by atoms with E-state index in [1.54, 1.807) is 0 Å². The third-order valence-electron chi connectivity index (χ3n) is 2.19. The van der Waals surface area contributed by atoms with Crippen LogP contribution in [-0.4, -0.2) is 30.1 Å². The van der Waals surface area contributed by atoms with Crippen molar-refractivity contribution in [3.05, 3.63) is 29.5 Å². The number of nitrogen functional groups attached to an aromatic ring is 1. The second kappa shape index (κ2) is 5.51. The molecule has 0 unspecified atom stereocenters. The molecule has 0 aliphatic heterocycles. The number of sulfonamides is 1. The Morgan fingerprint density at radius 2 is 2.21 bits per heavy atom. The standard InChI is InChI=1S/C9H10ClN5O3S/c10-7-3-6(4-12-9(7)11)19(16,17)15-2-1-8-13-5-14-18-8/h3-5,15H,1-2H2,(H2,11,12). The van der Waals surface area contributed by atoms with Crippen LogP contribution in [0, 0.1) is 0 Å². The van der Waals surface area contributed by atoms with Crippen LogP contribution >= 0.6 is 11.6 Å². The van der Waals surface area contributed by atoms with Crippen molar-refractivity contribution in [2.75, 3.05) is 12.3 Å². The van der Waals surface area contributed by atoms with Gasteiger partial charge in [0, 0.05) is 19.2 Å². The number of nitrogens with two attached hydrogens (primary N) is 1. The summed E-state index contributed by atoms with van der Waals surface area (Å²) < 4.78 is 30.9. The Hall–Kier alpha value is -1.71. The lowest BCUT2D eigenvalue weighted by atomic mass is 10.4.